The number of halogens is 3. The predicted octanol–water partition coefficient (Wildman–Crippen LogP) is 1.75. The molecule has 3 nitrogen and oxygen atoms in total. The van der Waals surface area contributed by atoms with Crippen molar-refractivity contribution in [3.63, 3.8) is 0 Å². The summed E-state index contributed by atoms with van der Waals surface area (Å²) >= 11 is 0. The van der Waals surface area contributed by atoms with Crippen LogP contribution in [0.5, 0.6) is 0 Å². The van der Waals surface area contributed by atoms with Crippen LogP contribution in [0.15, 0.2) is 6.07 Å². The molecule has 0 spiro atoms. The second-order valence-electron chi connectivity index (χ2n) is 3.75. The van der Waals surface area contributed by atoms with Gasteiger partial charge in [0.25, 0.3) is 0 Å². The molecule has 1 aliphatic rings. The molecule has 0 heterocycles. The molecule has 0 atom stereocenters. The Morgan fingerprint density at radius 3 is 2.56 bits per heavy atom. The Kier molecular flexibility index (Phi) is 2.11. The third kappa shape index (κ3) is 1.33. The van der Waals surface area contributed by atoms with Gasteiger partial charge >= 0.3 is 5.92 Å². The third-order valence-electron chi connectivity index (χ3n) is 2.70. The van der Waals surface area contributed by atoms with Gasteiger partial charge in [-0.1, -0.05) is 0 Å². The zero-order valence-electron chi connectivity index (χ0n) is 8.19. The Bertz CT molecular complexity index is 485. The molecule has 0 radical (unpaired) electrons. The van der Waals surface area contributed by atoms with Crippen LogP contribution in [-0.4, -0.2) is 11.7 Å². The Hall–Kier alpha value is -1.72. The van der Waals surface area contributed by atoms with Gasteiger partial charge in [0.15, 0.2) is 0 Å². The van der Waals surface area contributed by atoms with Crippen molar-refractivity contribution in [1.82, 2.24) is 0 Å². The molecule has 4 N–H and O–H groups in total. The average molecular weight is 230 g/mol. The highest BCUT2D eigenvalue weighted by Gasteiger charge is 2.45. The number of Topliss-reactive ketones (excluding diaryl/α,β-unsaturated/α-hetero) is 1. The van der Waals surface area contributed by atoms with Gasteiger partial charge in [0.05, 0.1) is 11.3 Å². The number of carbonyl (C=O) groups is 1. The van der Waals surface area contributed by atoms with E-state index in [9.17, 15) is 18.0 Å². The number of hydrogen-bond acceptors (Lipinski definition) is 3. The van der Waals surface area contributed by atoms with Gasteiger partial charge in [-0.3, -0.25) is 4.79 Å². The van der Waals surface area contributed by atoms with Crippen LogP contribution in [0.3, 0.4) is 0 Å². The molecule has 0 saturated heterocycles. The number of alkyl halides is 2. The van der Waals surface area contributed by atoms with Gasteiger partial charge in [-0.15, -0.1) is 0 Å². The van der Waals surface area contributed by atoms with E-state index in [2.05, 4.69) is 0 Å². The van der Waals surface area contributed by atoms with Gasteiger partial charge in [-0.2, -0.15) is 8.78 Å². The van der Waals surface area contributed by atoms with Gasteiger partial charge in [0.2, 0.25) is 5.78 Å². The highest BCUT2D eigenvalue weighted by Crippen LogP contribution is 2.39. The largest absolute Gasteiger partial charge is 0.398 e. The van der Waals surface area contributed by atoms with E-state index in [4.69, 9.17) is 11.5 Å². The first-order valence-electron chi connectivity index (χ1n) is 4.63. The zero-order valence-corrected chi connectivity index (χ0v) is 8.19. The molecule has 0 fully saturated rings. The summed E-state index contributed by atoms with van der Waals surface area (Å²) in [4.78, 5) is 11.4. The highest BCUT2D eigenvalue weighted by atomic mass is 19.3. The van der Waals surface area contributed by atoms with Crippen molar-refractivity contribution < 1.29 is 18.0 Å². The summed E-state index contributed by atoms with van der Waals surface area (Å²) in [6.07, 6.45) is -0.812. The molecule has 2 rings (SSSR count). The van der Waals surface area contributed by atoms with Crippen LogP contribution in [0.4, 0.5) is 24.5 Å². The monoisotopic (exact) mass is 230 g/mol. The molecule has 0 unspecified atom stereocenters. The molecule has 1 aliphatic carbocycles. The van der Waals surface area contributed by atoms with Gasteiger partial charge in [-0.05, 0) is 18.1 Å². The smallest absolute Gasteiger partial charge is 0.310 e. The molecule has 6 heteroatoms. The summed E-state index contributed by atoms with van der Waals surface area (Å²) in [7, 11) is 0. The van der Waals surface area contributed by atoms with E-state index in [1.165, 1.54) is 0 Å². The maximum atomic E-state index is 13.2. The Morgan fingerprint density at radius 1 is 1.31 bits per heavy atom. The SMILES string of the molecule is Nc1cc(F)c(N)c2c1C(=O)C(F)(F)CC2. The normalized spacial score (nSPS) is 18.3. The standard InChI is InChI=1S/C10H9F3N2O/c11-5-3-6(14)7-4(8(5)15)1-2-10(12,13)9(7)16/h3H,1-2,14-15H2. The minimum absolute atomic E-state index is 0.0911. The van der Waals surface area contributed by atoms with E-state index in [1.54, 1.807) is 0 Å². The Balaban J connectivity index is 2.70. The number of anilines is 2. The molecule has 0 aromatic heterocycles. The first kappa shape index (κ1) is 10.8. The van der Waals surface area contributed by atoms with Gasteiger partial charge in [0.1, 0.15) is 5.82 Å². The van der Waals surface area contributed by atoms with Crippen molar-refractivity contribution in [3.05, 3.63) is 23.0 Å². The molecule has 0 saturated carbocycles. The molecular weight excluding hydrogens is 221 g/mol. The van der Waals surface area contributed by atoms with E-state index >= 15 is 0 Å². The quantitative estimate of drug-likeness (QED) is 0.667. The number of nitrogen functional groups attached to an aromatic ring is 2. The van der Waals surface area contributed by atoms with E-state index in [-0.39, 0.29) is 28.9 Å². The molecule has 0 bridgehead atoms. The fourth-order valence-corrected chi connectivity index (χ4v) is 1.85. The van der Waals surface area contributed by atoms with Gasteiger partial charge in [-0.25, -0.2) is 4.39 Å². The molecular formula is C10H9F3N2O. The summed E-state index contributed by atoms with van der Waals surface area (Å²) in [6, 6.07) is 0.799. The highest BCUT2D eigenvalue weighted by molar-refractivity contribution is 6.08. The second-order valence-corrected chi connectivity index (χ2v) is 3.75. The average Bonchev–Trinajstić information content (AvgIpc) is 2.19. The summed E-state index contributed by atoms with van der Waals surface area (Å²) < 4.78 is 39.5. The number of hydrogen-bond donors (Lipinski definition) is 2. The molecule has 16 heavy (non-hydrogen) atoms. The predicted molar refractivity (Wildman–Crippen MR) is 52.8 cm³/mol. The molecule has 86 valence electrons. The maximum Gasteiger partial charge on any atom is 0.310 e. The zero-order chi connectivity index (χ0) is 12.1. The van der Waals surface area contributed by atoms with Crippen LogP contribution in [0.25, 0.3) is 0 Å². The van der Waals surface area contributed by atoms with Crippen molar-refractivity contribution in [2.24, 2.45) is 0 Å². The number of ketones is 1. The van der Waals surface area contributed by atoms with Crippen molar-refractivity contribution in [2.45, 2.75) is 18.8 Å². The minimum Gasteiger partial charge on any atom is -0.398 e. The lowest BCUT2D eigenvalue weighted by atomic mass is 9.85. The van der Waals surface area contributed by atoms with Gasteiger partial charge < -0.3 is 11.5 Å². The van der Waals surface area contributed by atoms with Crippen LogP contribution in [-0.2, 0) is 6.42 Å². The van der Waals surface area contributed by atoms with Crippen molar-refractivity contribution >= 4 is 17.2 Å². The van der Waals surface area contributed by atoms with Crippen LogP contribution < -0.4 is 11.5 Å². The number of carbonyl (C=O) groups excluding carboxylic acids is 1. The molecule has 1 aromatic rings. The maximum absolute atomic E-state index is 13.2. The summed E-state index contributed by atoms with van der Waals surface area (Å²) in [5, 5.41) is 0. The van der Waals surface area contributed by atoms with Crippen LogP contribution >= 0.6 is 0 Å². The third-order valence-corrected chi connectivity index (χ3v) is 2.70. The number of fused-ring (bicyclic) bond motifs is 1. The first-order chi connectivity index (χ1) is 7.34. The Labute approximate surface area is 89.2 Å². The lowest BCUT2D eigenvalue weighted by Crippen LogP contribution is -2.35. The first-order valence-corrected chi connectivity index (χ1v) is 4.63. The minimum atomic E-state index is -3.44. The number of nitrogens with two attached hydrogens (primary N) is 2. The summed E-state index contributed by atoms with van der Waals surface area (Å²) in [6.45, 7) is 0. The van der Waals surface area contributed by atoms with Crippen molar-refractivity contribution in [3.8, 4) is 0 Å². The fourth-order valence-electron chi connectivity index (χ4n) is 1.85. The molecule has 0 aliphatic heterocycles. The Morgan fingerprint density at radius 2 is 1.94 bits per heavy atom. The summed E-state index contributed by atoms with van der Waals surface area (Å²) in [5.74, 6) is -5.60. The van der Waals surface area contributed by atoms with E-state index < -0.39 is 23.9 Å². The fraction of sp³-hybridized carbons (Fsp3) is 0.300. The molecule has 0 amide bonds. The summed E-state index contributed by atoms with van der Waals surface area (Å²) in [5.41, 5.74) is 9.97. The number of rotatable bonds is 0. The molecule has 1 aromatic carbocycles. The van der Waals surface area contributed by atoms with E-state index in [0.29, 0.717) is 0 Å². The lowest BCUT2D eigenvalue weighted by molar-refractivity contribution is 0.00217. The van der Waals surface area contributed by atoms with Gasteiger partial charge in [0, 0.05) is 12.1 Å². The van der Waals surface area contributed by atoms with E-state index in [1.807, 2.05) is 0 Å². The van der Waals surface area contributed by atoms with E-state index in [0.717, 1.165) is 6.07 Å². The van der Waals surface area contributed by atoms with Crippen LogP contribution in [0, 0.1) is 5.82 Å². The van der Waals surface area contributed by atoms with Crippen LogP contribution in [0.2, 0.25) is 0 Å². The lowest BCUT2D eigenvalue weighted by Gasteiger charge is -2.25. The number of benzene rings is 1. The topological polar surface area (TPSA) is 69.1 Å². The van der Waals surface area contributed by atoms with Crippen LogP contribution in [0.1, 0.15) is 22.3 Å². The van der Waals surface area contributed by atoms with Crippen molar-refractivity contribution in [2.75, 3.05) is 11.5 Å². The second kappa shape index (κ2) is 3.13. The van der Waals surface area contributed by atoms with Crippen molar-refractivity contribution in [1.29, 1.82) is 0 Å².